The highest BCUT2D eigenvalue weighted by molar-refractivity contribution is 5.97. The van der Waals surface area contributed by atoms with E-state index in [0.29, 0.717) is 25.6 Å². The van der Waals surface area contributed by atoms with Crippen LogP contribution in [0.2, 0.25) is 0 Å². The third kappa shape index (κ3) is 2.84. The van der Waals surface area contributed by atoms with Gasteiger partial charge in [-0.1, -0.05) is 0 Å². The molecule has 0 aromatic heterocycles. The molecule has 5 nitrogen and oxygen atoms in total. The van der Waals surface area contributed by atoms with Gasteiger partial charge >= 0.3 is 0 Å². The Morgan fingerprint density at radius 3 is 2.82 bits per heavy atom. The van der Waals surface area contributed by atoms with Crippen LogP contribution < -0.4 is 5.73 Å². The standard InChI is InChI=1S/C12H21N3O2/c1-9-7-10(13)4-6-14(9)8-12(17)15-5-2-3-11(15)16/h9-10H,2-8,13H2,1H3. The van der Waals surface area contributed by atoms with E-state index < -0.39 is 0 Å². The summed E-state index contributed by atoms with van der Waals surface area (Å²) in [5, 5.41) is 0. The van der Waals surface area contributed by atoms with Crippen molar-refractivity contribution in [2.24, 2.45) is 5.73 Å². The first-order chi connectivity index (χ1) is 8.08. The third-order valence-electron chi connectivity index (χ3n) is 3.77. The van der Waals surface area contributed by atoms with Crippen molar-refractivity contribution in [1.29, 1.82) is 0 Å². The minimum atomic E-state index is -0.0465. The van der Waals surface area contributed by atoms with Gasteiger partial charge < -0.3 is 5.73 Å². The van der Waals surface area contributed by atoms with Gasteiger partial charge in [-0.25, -0.2) is 0 Å². The minimum Gasteiger partial charge on any atom is -0.328 e. The highest BCUT2D eigenvalue weighted by atomic mass is 16.2. The zero-order valence-electron chi connectivity index (χ0n) is 10.4. The van der Waals surface area contributed by atoms with Crippen LogP contribution in [0.15, 0.2) is 0 Å². The molecule has 2 atom stereocenters. The van der Waals surface area contributed by atoms with E-state index in [0.717, 1.165) is 25.8 Å². The number of nitrogens with zero attached hydrogens (tertiary/aromatic N) is 2. The van der Waals surface area contributed by atoms with E-state index in [1.54, 1.807) is 0 Å². The monoisotopic (exact) mass is 239 g/mol. The van der Waals surface area contributed by atoms with Gasteiger partial charge in [0.2, 0.25) is 11.8 Å². The van der Waals surface area contributed by atoms with Gasteiger partial charge in [0.15, 0.2) is 0 Å². The molecule has 0 saturated carbocycles. The number of amides is 2. The van der Waals surface area contributed by atoms with Crippen LogP contribution >= 0.6 is 0 Å². The van der Waals surface area contributed by atoms with E-state index in [1.165, 1.54) is 4.90 Å². The zero-order valence-corrected chi connectivity index (χ0v) is 10.4. The molecule has 0 aromatic rings. The van der Waals surface area contributed by atoms with Gasteiger partial charge in [0, 0.05) is 31.6 Å². The Bertz CT molecular complexity index is 319. The summed E-state index contributed by atoms with van der Waals surface area (Å²) in [5.41, 5.74) is 5.89. The number of hydrogen-bond acceptors (Lipinski definition) is 4. The molecule has 5 heteroatoms. The maximum atomic E-state index is 12.0. The fourth-order valence-corrected chi connectivity index (χ4v) is 2.66. The van der Waals surface area contributed by atoms with Crippen molar-refractivity contribution in [3.8, 4) is 0 Å². The quantitative estimate of drug-likeness (QED) is 0.733. The first-order valence-electron chi connectivity index (χ1n) is 6.40. The molecule has 2 heterocycles. The van der Waals surface area contributed by atoms with Crippen LogP contribution in [-0.2, 0) is 9.59 Å². The molecule has 2 amide bonds. The van der Waals surface area contributed by atoms with Crippen LogP contribution in [0, 0.1) is 0 Å². The normalized spacial score (nSPS) is 30.9. The second kappa shape index (κ2) is 5.14. The molecular formula is C12H21N3O2. The number of hydrogen-bond donors (Lipinski definition) is 1. The van der Waals surface area contributed by atoms with Gasteiger partial charge in [-0.3, -0.25) is 19.4 Å². The molecule has 0 radical (unpaired) electrons. The second-order valence-corrected chi connectivity index (χ2v) is 5.15. The smallest absolute Gasteiger partial charge is 0.243 e. The Kier molecular flexibility index (Phi) is 3.79. The lowest BCUT2D eigenvalue weighted by atomic mass is 9.99. The van der Waals surface area contributed by atoms with Crippen LogP contribution in [0.4, 0.5) is 0 Å². The Hall–Kier alpha value is -0.940. The van der Waals surface area contributed by atoms with E-state index in [2.05, 4.69) is 11.8 Å². The highest BCUT2D eigenvalue weighted by Gasteiger charge is 2.30. The minimum absolute atomic E-state index is 0.0173. The van der Waals surface area contributed by atoms with E-state index in [-0.39, 0.29) is 17.9 Å². The lowest BCUT2D eigenvalue weighted by Crippen LogP contribution is -2.50. The number of imide groups is 1. The van der Waals surface area contributed by atoms with E-state index in [4.69, 9.17) is 5.73 Å². The third-order valence-corrected chi connectivity index (χ3v) is 3.77. The SMILES string of the molecule is CC1CC(N)CCN1CC(=O)N1CCCC1=O. The fourth-order valence-electron chi connectivity index (χ4n) is 2.66. The molecule has 96 valence electrons. The van der Waals surface area contributed by atoms with Crippen molar-refractivity contribution in [3.05, 3.63) is 0 Å². The molecule has 2 N–H and O–H groups in total. The van der Waals surface area contributed by atoms with Crippen LogP contribution in [-0.4, -0.2) is 53.3 Å². The number of carbonyl (C=O) groups excluding carboxylic acids is 2. The Labute approximate surface area is 102 Å². The van der Waals surface area contributed by atoms with Crippen molar-refractivity contribution in [2.75, 3.05) is 19.6 Å². The molecule has 0 aromatic carbocycles. The van der Waals surface area contributed by atoms with Crippen molar-refractivity contribution in [1.82, 2.24) is 9.80 Å². The summed E-state index contributed by atoms with van der Waals surface area (Å²) in [5.74, 6) is -0.0637. The van der Waals surface area contributed by atoms with Crippen molar-refractivity contribution in [2.45, 2.75) is 44.7 Å². The topological polar surface area (TPSA) is 66.6 Å². The molecule has 2 fully saturated rings. The van der Waals surface area contributed by atoms with Crippen LogP contribution in [0.5, 0.6) is 0 Å². The molecule has 0 bridgehead atoms. The summed E-state index contributed by atoms with van der Waals surface area (Å²) in [7, 11) is 0. The van der Waals surface area contributed by atoms with E-state index >= 15 is 0 Å². The van der Waals surface area contributed by atoms with Crippen molar-refractivity contribution in [3.63, 3.8) is 0 Å². The number of rotatable bonds is 2. The lowest BCUT2D eigenvalue weighted by Gasteiger charge is -2.36. The maximum absolute atomic E-state index is 12.0. The molecule has 0 aliphatic carbocycles. The lowest BCUT2D eigenvalue weighted by molar-refractivity contribution is -0.143. The van der Waals surface area contributed by atoms with E-state index in [9.17, 15) is 9.59 Å². The molecule has 2 aliphatic rings. The first kappa shape index (κ1) is 12.5. The largest absolute Gasteiger partial charge is 0.328 e. The molecule has 0 spiro atoms. The predicted octanol–water partition coefficient (Wildman–Crippen LogP) is -0.0530. The highest BCUT2D eigenvalue weighted by Crippen LogP contribution is 2.17. The van der Waals surface area contributed by atoms with Crippen molar-refractivity contribution >= 4 is 11.8 Å². The van der Waals surface area contributed by atoms with Crippen LogP contribution in [0.3, 0.4) is 0 Å². The van der Waals surface area contributed by atoms with Crippen molar-refractivity contribution < 1.29 is 9.59 Å². The summed E-state index contributed by atoms with van der Waals surface area (Å²) < 4.78 is 0. The van der Waals surface area contributed by atoms with Gasteiger partial charge in [-0.15, -0.1) is 0 Å². The summed E-state index contributed by atoms with van der Waals surface area (Å²) in [6.45, 7) is 3.91. The molecular weight excluding hydrogens is 218 g/mol. The predicted molar refractivity (Wildman–Crippen MR) is 64.2 cm³/mol. The number of nitrogens with two attached hydrogens (primary N) is 1. The first-order valence-corrected chi connectivity index (χ1v) is 6.40. The average molecular weight is 239 g/mol. The Morgan fingerprint density at radius 1 is 1.47 bits per heavy atom. The molecule has 2 aliphatic heterocycles. The average Bonchev–Trinajstić information content (AvgIpc) is 2.68. The van der Waals surface area contributed by atoms with Crippen LogP contribution in [0.25, 0.3) is 0 Å². The van der Waals surface area contributed by atoms with Gasteiger partial charge in [-0.2, -0.15) is 0 Å². The Morgan fingerprint density at radius 2 is 2.24 bits per heavy atom. The molecule has 17 heavy (non-hydrogen) atoms. The second-order valence-electron chi connectivity index (χ2n) is 5.15. The Balaban J connectivity index is 1.88. The summed E-state index contributed by atoms with van der Waals surface area (Å²) in [6, 6.07) is 0.588. The molecule has 2 rings (SSSR count). The number of likely N-dealkylation sites (tertiary alicyclic amines) is 2. The maximum Gasteiger partial charge on any atom is 0.243 e. The van der Waals surface area contributed by atoms with Gasteiger partial charge in [-0.05, 0) is 26.2 Å². The zero-order chi connectivity index (χ0) is 12.4. The molecule has 2 unspecified atom stereocenters. The summed E-state index contributed by atoms with van der Waals surface area (Å²) in [6.07, 6.45) is 3.20. The van der Waals surface area contributed by atoms with E-state index in [1.807, 2.05) is 0 Å². The van der Waals surface area contributed by atoms with Crippen LogP contribution in [0.1, 0.15) is 32.6 Å². The number of carbonyl (C=O) groups is 2. The molecule has 2 saturated heterocycles. The van der Waals surface area contributed by atoms with Gasteiger partial charge in [0.25, 0.3) is 0 Å². The summed E-state index contributed by atoms with van der Waals surface area (Å²) in [4.78, 5) is 27.0. The fraction of sp³-hybridized carbons (Fsp3) is 0.833. The van der Waals surface area contributed by atoms with Gasteiger partial charge in [0.1, 0.15) is 0 Å². The van der Waals surface area contributed by atoms with Gasteiger partial charge in [0.05, 0.1) is 6.54 Å². The number of piperidine rings is 1. The summed E-state index contributed by atoms with van der Waals surface area (Å²) >= 11 is 0.